The largest absolute Gasteiger partial charge is 0.321 e. The number of hydrogen-bond acceptors (Lipinski definition) is 2. The summed E-state index contributed by atoms with van der Waals surface area (Å²) in [7, 11) is 1.82. The second-order valence-corrected chi connectivity index (χ2v) is 4.07. The number of aryl methyl sites for hydroxylation is 1. The van der Waals surface area contributed by atoms with Crippen LogP contribution in [0.5, 0.6) is 0 Å². The molecule has 0 aliphatic carbocycles. The third-order valence-electron chi connectivity index (χ3n) is 2.55. The van der Waals surface area contributed by atoms with Crippen molar-refractivity contribution in [3.8, 4) is 0 Å². The fourth-order valence-corrected chi connectivity index (χ4v) is 1.65. The van der Waals surface area contributed by atoms with E-state index in [4.69, 9.17) is 11.6 Å². The van der Waals surface area contributed by atoms with Gasteiger partial charge in [0.1, 0.15) is 11.0 Å². The summed E-state index contributed by atoms with van der Waals surface area (Å²) in [5.74, 6) is 0.762. The molecule has 0 fully saturated rings. The van der Waals surface area contributed by atoms with Gasteiger partial charge < -0.3 is 9.13 Å². The minimum atomic E-state index is 0.00150. The Morgan fingerprint density at radius 1 is 1.50 bits per heavy atom. The lowest BCUT2D eigenvalue weighted by Crippen LogP contribution is -2.23. The average molecular weight is 238 g/mol. The highest BCUT2D eigenvalue weighted by Crippen LogP contribution is 2.09. The number of rotatable bonds is 2. The van der Waals surface area contributed by atoms with Gasteiger partial charge in [0.25, 0.3) is 5.56 Å². The Hall–Kier alpha value is -1.55. The molecule has 0 unspecified atom stereocenters. The van der Waals surface area contributed by atoms with Crippen LogP contribution in [0.2, 0.25) is 5.15 Å². The van der Waals surface area contributed by atoms with Gasteiger partial charge in [-0.1, -0.05) is 17.7 Å². The van der Waals surface area contributed by atoms with Crippen molar-refractivity contribution in [1.82, 2.24) is 14.1 Å². The van der Waals surface area contributed by atoms with Gasteiger partial charge >= 0.3 is 0 Å². The summed E-state index contributed by atoms with van der Waals surface area (Å²) < 4.78 is 3.38. The van der Waals surface area contributed by atoms with Crippen molar-refractivity contribution in [3.05, 3.63) is 51.4 Å². The van der Waals surface area contributed by atoms with Crippen molar-refractivity contribution in [2.45, 2.75) is 13.5 Å². The lowest BCUT2D eigenvalue weighted by Gasteiger charge is -2.06. The summed E-state index contributed by atoms with van der Waals surface area (Å²) in [5.41, 5.74) is 0.726. The van der Waals surface area contributed by atoms with Gasteiger partial charge in [-0.25, -0.2) is 4.98 Å². The Morgan fingerprint density at radius 2 is 2.25 bits per heavy atom. The highest BCUT2D eigenvalue weighted by molar-refractivity contribution is 6.29. The Balaban J connectivity index is 2.38. The number of hydrogen-bond donors (Lipinski definition) is 0. The van der Waals surface area contributed by atoms with Gasteiger partial charge in [0, 0.05) is 18.8 Å². The first-order valence-electron chi connectivity index (χ1n) is 4.91. The first kappa shape index (κ1) is 11.0. The zero-order valence-corrected chi connectivity index (χ0v) is 9.90. The molecule has 0 amide bonds. The van der Waals surface area contributed by atoms with Gasteiger partial charge in [0.2, 0.25) is 0 Å². The van der Waals surface area contributed by atoms with Crippen LogP contribution >= 0.6 is 11.6 Å². The Bertz CT molecular complexity index is 571. The monoisotopic (exact) mass is 237 g/mol. The fourth-order valence-electron chi connectivity index (χ4n) is 1.50. The molecule has 0 aliphatic heterocycles. The highest BCUT2D eigenvalue weighted by Gasteiger charge is 2.06. The molecular formula is C11H12ClN3O. The molecule has 0 atom stereocenters. The van der Waals surface area contributed by atoms with E-state index in [1.54, 1.807) is 34.5 Å². The molecule has 84 valence electrons. The molecule has 16 heavy (non-hydrogen) atoms. The first-order valence-corrected chi connectivity index (χ1v) is 5.29. The van der Waals surface area contributed by atoms with Crippen molar-refractivity contribution in [1.29, 1.82) is 0 Å². The molecule has 0 aliphatic rings. The SMILES string of the molecule is Cc1cccn(Cc2ncc(Cl)n2C)c1=O. The van der Waals surface area contributed by atoms with Crippen LogP contribution in [0.4, 0.5) is 0 Å². The van der Waals surface area contributed by atoms with Crippen LogP contribution in [0.1, 0.15) is 11.4 Å². The van der Waals surface area contributed by atoms with Gasteiger partial charge in [-0.05, 0) is 13.0 Å². The van der Waals surface area contributed by atoms with E-state index in [0.29, 0.717) is 11.7 Å². The molecule has 0 aromatic carbocycles. The van der Waals surface area contributed by atoms with Gasteiger partial charge in [-0.2, -0.15) is 0 Å². The molecule has 2 heterocycles. The van der Waals surface area contributed by atoms with Gasteiger partial charge in [-0.15, -0.1) is 0 Å². The summed E-state index contributed by atoms with van der Waals surface area (Å²) in [4.78, 5) is 15.9. The quantitative estimate of drug-likeness (QED) is 0.796. The van der Waals surface area contributed by atoms with E-state index < -0.39 is 0 Å². The smallest absolute Gasteiger partial charge is 0.253 e. The average Bonchev–Trinajstić information content (AvgIpc) is 2.57. The third kappa shape index (κ3) is 1.88. The predicted molar refractivity (Wildman–Crippen MR) is 62.8 cm³/mol. The molecular weight excluding hydrogens is 226 g/mol. The van der Waals surface area contributed by atoms with Gasteiger partial charge in [-0.3, -0.25) is 4.79 Å². The second kappa shape index (κ2) is 4.14. The summed E-state index contributed by atoms with van der Waals surface area (Å²) in [5, 5.41) is 0.565. The Kier molecular flexibility index (Phi) is 2.83. The minimum absolute atomic E-state index is 0.00150. The number of pyridine rings is 1. The normalized spacial score (nSPS) is 10.7. The fraction of sp³-hybridized carbons (Fsp3) is 0.273. The molecule has 0 radical (unpaired) electrons. The van der Waals surface area contributed by atoms with Crippen molar-refractivity contribution in [3.63, 3.8) is 0 Å². The van der Waals surface area contributed by atoms with Crippen LogP contribution in [-0.2, 0) is 13.6 Å². The second-order valence-electron chi connectivity index (χ2n) is 3.68. The van der Waals surface area contributed by atoms with Crippen LogP contribution in [-0.4, -0.2) is 14.1 Å². The molecule has 0 bridgehead atoms. The summed E-state index contributed by atoms with van der Waals surface area (Å²) in [6.45, 7) is 2.23. The molecule has 2 aromatic rings. The molecule has 2 aromatic heterocycles. The van der Waals surface area contributed by atoms with E-state index in [9.17, 15) is 4.79 Å². The van der Waals surface area contributed by atoms with Crippen molar-refractivity contribution < 1.29 is 0 Å². The number of imidazole rings is 1. The van der Waals surface area contributed by atoms with Crippen molar-refractivity contribution in [2.75, 3.05) is 0 Å². The standard InChI is InChI=1S/C11H12ClN3O/c1-8-4-3-5-15(11(8)16)7-10-13-6-9(12)14(10)2/h3-6H,7H2,1-2H3. The number of nitrogens with zero attached hydrogens (tertiary/aromatic N) is 3. The minimum Gasteiger partial charge on any atom is -0.321 e. The topological polar surface area (TPSA) is 39.8 Å². The molecule has 0 saturated carbocycles. The third-order valence-corrected chi connectivity index (χ3v) is 2.90. The van der Waals surface area contributed by atoms with Crippen LogP contribution in [0.3, 0.4) is 0 Å². The zero-order chi connectivity index (χ0) is 11.7. The Labute approximate surface area is 98.1 Å². The summed E-state index contributed by atoms with van der Waals surface area (Å²) in [6.07, 6.45) is 3.33. The van der Waals surface area contributed by atoms with E-state index in [-0.39, 0.29) is 5.56 Å². The summed E-state index contributed by atoms with van der Waals surface area (Å²) >= 11 is 5.88. The molecule has 0 saturated heterocycles. The zero-order valence-electron chi connectivity index (χ0n) is 9.14. The van der Waals surface area contributed by atoms with Crippen molar-refractivity contribution >= 4 is 11.6 Å². The van der Waals surface area contributed by atoms with Crippen molar-refractivity contribution in [2.24, 2.45) is 7.05 Å². The lowest BCUT2D eigenvalue weighted by molar-refractivity contribution is 0.675. The maximum absolute atomic E-state index is 11.8. The van der Waals surface area contributed by atoms with E-state index >= 15 is 0 Å². The molecule has 5 heteroatoms. The maximum atomic E-state index is 11.8. The number of aromatic nitrogens is 3. The van der Waals surface area contributed by atoms with Crippen LogP contribution in [0.25, 0.3) is 0 Å². The van der Waals surface area contributed by atoms with Gasteiger partial charge in [0.15, 0.2) is 0 Å². The van der Waals surface area contributed by atoms with E-state index in [1.807, 2.05) is 13.1 Å². The van der Waals surface area contributed by atoms with Crippen LogP contribution in [0.15, 0.2) is 29.3 Å². The molecule has 2 rings (SSSR count). The molecule has 0 N–H and O–H groups in total. The van der Waals surface area contributed by atoms with Gasteiger partial charge in [0.05, 0.1) is 12.7 Å². The summed E-state index contributed by atoms with van der Waals surface area (Å²) in [6, 6.07) is 3.64. The number of halogens is 1. The highest BCUT2D eigenvalue weighted by atomic mass is 35.5. The van der Waals surface area contributed by atoms with Crippen LogP contribution < -0.4 is 5.56 Å². The molecule has 4 nitrogen and oxygen atoms in total. The first-order chi connectivity index (χ1) is 7.59. The lowest BCUT2D eigenvalue weighted by atomic mass is 10.3. The Morgan fingerprint density at radius 3 is 2.88 bits per heavy atom. The molecule has 0 spiro atoms. The predicted octanol–water partition coefficient (Wildman–Crippen LogP) is 1.59. The van der Waals surface area contributed by atoms with E-state index in [2.05, 4.69) is 4.98 Å². The maximum Gasteiger partial charge on any atom is 0.253 e. The van der Waals surface area contributed by atoms with E-state index in [0.717, 1.165) is 11.4 Å². The van der Waals surface area contributed by atoms with Crippen LogP contribution in [0, 0.1) is 6.92 Å². The van der Waals surface area contributed by atoms with E-state index in [1.165, 1.54) is 0 Å².